The van der Waals surface area contributed by atoms with Crippen LogP contribution < -0.4 is 11.1 Å². The second-order valence-corrected chi connectivity index (χ2v) is 8.27. The maximum absolute atomic E-state index is 12.5. The van der Waals surface area contributed by atoms with Crippen molar-refractivity contribution in [1.29, 1.82) is 0 Å². The lowest BCUT2D eigenvalue weighted by atomic mass is 9.93. The molecular weight excluding hydrogens is 392 g/mol. The van der Waals surface area contributed by atoms with Crippen LogP contribution in [-0.4, -0.2) is 53.2 Å². The number of benzene rings is 2. The Labute approximate surface area is 182 Å². The number of carbonyl (C=O) groups is 3. The van der Waals surface area contributed by atoms with E-state index in [1.165, 1.54) is 0 Å². The van der Waals surface area contributed by atoms with E-state index in [-0.39, 0.29) is 18.4 Å². The van der Waals surface area contributed by atoms with Crippen LogP contribution in [0.15, 0.2) is 48.5 Å². The molecule has 0 bridgehead atoms. The molecule has 0 saturated carbocycles. The third kappa shape index (κ3) is 4.94. The summed E-state index contributed by atoms with van der Waals surface area (Å²) in [5.74, 6) is -0.514. The predicted octanol–water partition coefficient (Wildman–Crippen LogP) is 1.45. The van der Waals surface area contributed by atoms with Gasteiger partial charge in [-0.05, 0) is 48.1 Å². The summed E-state index contributed by atoms with van der Waals surface area (Å²) in [7, 11) is 0. The van der Waals surface area contributed by atoms with E-state index in [0.29, 0.717) is 25.1 Å². The van der Waals surface area contributed by atoms with Crippen LogP contribution >= 0.6 is 0 Å². The predicted molar refractivity (Wildman–Crippen MR) is 117 cm³/mol. The number of hydrogen-bond acceptors (Lipinski definition) is 4. The van der Waals surface area contributed by atoms with Crippen molar-refractivity contribution in [2.45, 2.75) is 38.4 Å². The monoisotopic (exact) mass is 420 g/mol. The van der Waals surface area contributed by atoms with Crippen LogP contribution in [0.25, 0.3) is 0 Å². The van der Waals surface area contributed by atoms with Gasteiger partial charge in [-0.2, -0.15) is 0 Å². The van der Waals surface area contributed by atoms with Crippen molar-refractivity contribution in [2.75, 3.05) is 19.6 Å². The maximum atomic E-state index is 12.5. The minimum absolute atomic E-state index is 0.0657. The third-order valence-corrected chi connectivity index (χ3v) is 6.10. The number of carbonyl (C=O) groups excluding carboxylic acids is 3. The first-order chi connectivity index (χ1) is 15.0. The Morgan fingerprint density at radius 1 is 0.968 bits per heavy atom. The van der Waals surface area contributed by atoms with Gasteiger partial charge >= 0.3 is 0 Å². The Bertz CT molecular complexity index is 967. The van der Waals surface area contributed by atoms with Gasteiger partial charge in [-0.3, -0.25) is 19.3 Å². The van der Waals surface area contributed by atoms with E-state index in [1.807, 2.05) is 58.3 Å². The average molecular weight is 421 g/mol. The zero-order chi connectivity index (χ0) is 21.8. The number of amides is 3. The summed E-state index contributed by atoms with van der Waals surface area (Å²) in [6, 6.07) is 14.8. The number of nitrogens with two attached hydrogens (primary N) is 1. The second kappa shape index (κ2) is 9.31. The largest absolute Gasteiger partial charge is 0.368 e. The molecule has 0 aliphatic carbocycles. The molecule has 162 valence electrons. The number of rotatable bonds is 6. The van der Waals surface area contributed by atoms with Crippen LogP contribution in [0.2, 0.25) is 0 Å². The molecule has 3 N–H and O–H groups in total. The van der Waals surface area contributed by atoms with Gasteiger partial charge in [0.15, 0.2) is 0 Å². The summed E-state index contributed by atoms with van der Waals surface area (Å²) in [6.45, 7) is 2.63. The van der Waals surface area contributed by atoms with Crippen LogP contribution in [-0.2, 0) is 29.1 Å². The van der Waals surface area contributed by atoms with Crippen molar-refractivity contribution < 1.29 is 14.4 Å². The molecular formula is C24H28N4O3. The minimum atomic E-state index is -0.489. The Morgan fingerprint density at radius 3 is 2.32 bits per heavy atom. The molecule has 2 aliphatic heterocycles. The quantitative estimate of drug-likeness (QED) is 0.739. The molecule has 1 fully saturated rings. The number of fused-ring (bicyclic) bond motifs is 1. The lowest BCUT2D eigenvalue weighted by Crippen LogP contribution is -2.51. The van der Waals surface area contributed by atoms with Crippen molar-refractivity contribution in [3.8, 4) is 0 Å². The van der Waals surface area contributed by atoms with E-state index in [0.717, 1.165) is 42.6 Å². The number of likely N-dealkylation sites (tertiary alicyclic amines) is 1. The molecule has 7 heteroatoms. The van der Waals surface area contributed by atoms with Gasteiger partial charge in [-0.1, -0.05) is 36.4 Å². The summed E-state index contributed by atoms with van der Waals surface area (Å²) in [5, 5.41) is 2.91. The normalized spacial score (nSPS) is 18.5. The fourth-order valence-electron chi connectivity index (χ4n) is 4.33. The van der Waals surface area contributed by atoms with Crippen molar-refractivity contribution >= 4 is 17.7 Å². The van der Waals surface area contributed by atoms with Gasteiger partial charge < -0.3 is 16.0 Å². The van der Waals surface area contributed by atoms with Gasteiger partial charge in [0.1, 0.15) is 0 Å². The average Bonchev–Trinajstić information content (AvgIpc) is 3.32. The van der Waals surface area contributed by atoms with Gasteiger partial charge in [0, 0.05) is 31.7 Å². The van der Waals surface area contributed by atoms with Crippen molar-refractivity contribution in [3.05, 3.63) is 70.8 Å². The summed E-state index contributed by atoms with van der Waals surface area (Å²) >= 11 is 0. The molecule has 2 aliphatic rings. The first-order valence-corrected chi connectivity index (χ1v) is 10.8. The van der Waals surface area contributed by atoms with Crippen LogP contribution in [0.3, 0.4) is 0 Å². The Hall–Kier alpha value is -3.19. The van der Waals surface area contributed by atoms with E-state index < -0.39 is 11.9 Å². The number of nitrogens with zero attached hydrogens (tertiary/aromatic N) is 2. The highest BCUT2D eigenvalue weighted by molar-refractivity contribution is 5.94. The first-order valence-electron chi connectivity index (χ1n) is 10.8. The van der Waals surface area contributed by atoms with Crippen LogP contribution in [0.4, 0.5) is 0 Å². The lowest BCUT2D eigenvalue weighted by Gasteiger charge is -2.34. The lowest BCUT2D eigenvalue weighted by molar-refractivity contribution is -0.127. The van der Waals surface area contributed by atoms with Crippen molar-refractivity contribution in [2.24, 2.45) is 5.73 Å². The Kier molecular flexibility index (Phi) is 6.32. The first kappa shape index (κ1) is 21.1. The molecule has 0 radical (unpaired) electrons. The third-order valence-electron chi connectivity index (χ3n) is 6.10. The number of primary amides is 1. The van der Waals surface area contributed by atoms with E-state index in [1.54, 1.807) is 0 Å². The minimum Gasteiger partial charge on any atom is -0.368 e. The Morgan fingerprint density at radius 2 is 1.65 bits per heavy atom. The topological polar surface area (TPSA) is 95.7 Å². The summed E-state index contributed by atoms with van der Waals surface area (Å²) < 4.78 is 0. The highest BCUT2D eigenvalue weighted by atomic mass is 16.2. The zero-order valence-corrected chi connectivity index (χ0v) is 17.5. The summed E-state index contributed by atoms with van der Waals surface area (Å²) in [4.78, 5) is 40.6. The van der Waals surface area contributed by atoms with E-state index in [2.05, 4.69) is 5.32 Å². The van der Waals surface area contributed by atoms with Crippen LogP contribution in [0.5, 0.6) is 0 Å². The SMILES string of the molecule is NC(=O)[C@@H]1Cc2ccccc2CN1CC(=O)NCc1ccc(C(=O)N2CCCC2)cc1. The molecule has 1 saturated heterocycles. The standard InChI is InChI=1S/C24H28N4O3/c25-23(30)21-13-19-5-1-2-6-20(19)15-28(21)16-22(29)26-14-17-7-9-18(10-8-17)24(31)27-11-3-4-12-27/h1-2,5-10,21H,3-4,11-16H2,(H2,25,30)(H,26,29)/t21-/m0/s1. The van der Waals surface area contributed by atoms with E-state index >= 15 is 0 Å². The smallest absolute Gasteiger partial charge is 0.253 e. The molecule has 0 spiro atoms. The number of nitrogens with one attached hydrogen (secondary N) is 1. The van der Waals surface area contributed by atoms with Crippen molar-refractivity contribution in [1.82, 2.24) is 15.1 Å². The maximum Gasteiger partial charge on any atom is 0.253 e. The van der Waals surface area contributed by atoms with Gasteiger partial charge in [0.05, 0.1) is 12.6 Å². The molecule has 0 unspecified atom stereocenters. The molecule has 31 heavy (non-hydrogen) atoms. The van der Waals surface area contributed by atoms with Gasteiger partial charge in [-0.15, -0.1) is 0 Å². The van der Waals surface area contributed by atoms with Gasteiger partial charge in [-0.25, -0.2) is 0 Å². The second-order valence-electron chi connectivity index (χ2n) is 8.27. The zero-order valence-electron chi connectivity index (χ0n) is 17.5. The van der Waals surface area contributed by atoms with Crippen LogP contribution in [0, 0.1) is 0 Å². The van der Waals surface area contributed by atoms with Crippen LogP contribution in [0.1, 0.15) is 39.9 Å². The fraction of sp³-hybridized carbons (Fsp3) is 0.375. The van der Waals surface area contributed by atoms with Crippen molar-refractivity contribution in [3.63, 3.8) is 0 Å². The Balaban J connectivity index is 1.32. The molecule has 1 atom stereocenters. The molecule has 3 amide bonds. The molecule has 2 aromatic carbocycles. The van der Waals surface area contributed by atoms with E-state index in [9.17, 15) is 14.4 Å². The molecule has 4 rings (SSSR count). The number of hydrogen-bond donors (Lipinski definition) is 2. The summed E-state index contributed by atoms with van der Waals surface area (Å²) in [6.07, 6.45) is 2.65. The summed E-state index contributed by atoms with van der Waals surface area (Å²) in [5.41, 5.74) is 9.41. The van der Waals surface area contributed by atoms with Gasteiger partial charge in [0.2, 0.25) is 11.8 Å². The highest BCUT2D eigenvalue weighted by Gasteiger charge is 2.31. The van der Waals surface area contributed by atoms with E-state index in [4.69, 9.17) is 5.73 Å². The molecule has 0 aromatic heterocycles. The molecule has 2 heterocycles. The highest BCUT2D eigenvalue weighted by Crippen LogP contribution is 2.23. The fourth-order valence-corrected chi connectivity index (χ4v) is 4.33. The van der Waals surface area contributed by atoms with Gasteiger partial charge in [0.25, 0.3) is 5.91 Å². The molecule has 2 aromatic rings. The molecule has 7 nitrogen and oxygen atoms in total.